The maximum atomic E-state index is 13.8. The second-order valence-corrected chi connectivity index (χ2v) is 4.83. The Kier molecular flexibility index (Phi) is 3.75. The summed E-state index contributed by atoms with van der Waals surface area (Å²) in [7, 11) is 1.57. The van der Waals surface area contributed by atoms with Gasteiger partial charge in [-0.1, -0.05) is 12.1 Å². The molecule has 0 aliphatic heterocycles. The van der Waals surface area contributed by atoms with Crippen molar-refractivity contribution < 1.29 is 9.13 Å². The number of alkyl halides is 1. The first kappa shape index (κ1) is 13.8. The van der Waals surface area contributed by atoms with Gasteiger partial charge >= 0.3 is 0 Å². The van der Waals surface area contributed by atoms with E-state index >= 15 is 0 Å². The fourth-order valence-corrected chi connectivity index (χ4v) is 2.45. The molecule has 0 radical (unpaired) electrons. The van der Waals surface area contributed by atoms with Crippen molar-refractivity contribution in [1.82, 2.24) is 14.5 Å². The SMILES string of the molecule is COc1ccc(Cn2c(CCl)nc3c(F)cccc32)cn1. The number of imidazole rings is 1. The van der Waals surface area contributed by atoms with Crippen LogP contribution < -0.4 is 4.74 Å². The van der Waals surface area contributed by atoms with Crippen molar-refractivity contribution in [2.75, 3.05) is 7.11 Å². The van der Waals surface area contributed by atoms with E-state index in [9.17, 15) is 4.39 Å². The summed E-state index contributed by atoms with van der Waals surface area (Å²) in [5, 5.41) is 0. The number of rotatable bonds is 4. The van der Waals surface area contributed by atoms with Gasteiger partial charge in [-0.2, -0.15) is 0 Å². The largest absolute Gasteiger partial charge is 0.481 e. The van der Waals surface area contributed by atoms with Crippen LogP contribution in [-0.2, 0) is 12.4 Å². The van der Waals surface area contributed by atoms with Gasteiger partial charge in [0, 0.05) is 12.3 Å². The molecule has 0 aliphatic carbocycles. The molecule has 0 bridgehead atoms. The lowest BCUT2D eigenvalue weighted by Crippen LogP contribution is -2.04. The lowest BCUT2D eigenvalue weighted by Gasteiger charge is -2.08. The first-order valence-corrected chi connectivity index (χ1v) is 6.95. The molecule has 0 saturated heterocycles. The predicted molar refractivity (Wildman–Crippen MR) is 79.1 cm³/mol. The number of hydrogen-bond acceptors (Lipinski definition) is 3. The number of para-hydroxylation sites is 1. The fourth-order valence-electron chi connectivity index (χ4n) is 2.25. The molecular formula is C15H13ClFN3O. The first-order valence-electron chi connectivity index (χ1n) is 6.41. The monoisotopic (exact) mass is 305 g/mol. The van der Waals surface area contributed by atoms with Crippen LogP contribution in [0.1, 0.15) is 11.4 Å². The number of methoxy groups -OCH3 is 1. The molecule has 2 aromatic heterocycles. The van der Waals surface area contributed by atoms with E-state index in [0.29, 0.717) is 23.8 Å². The molecule has 0 unspecified atom stereocenters. The normalized spacial score (nSPS) is 11.0. The molecular weight excluding hydrogens is 293 g/mol. The standard InChI is InChI=1S/C15H13ClFN3O/c1-21-14-6-5-10(8-18-14)9-20-12-4-2-3-11(17)15(12)19-13(20)7-16/h2-6,8H,7,9H2,1H3. The molecule has 1 aromatic carbocycles. The molecule has 108 valence electrons. The highest BCUT2D eigenvalue weighted by Crippen LogP contribution is 2.21. The molecule has 6 heteroatoms. The highest BCUT2D eigenvalue weighted by molar-refractivity contribution is 6.16. The lowest BCUT2D eigenvalue weighted by atomic mass is 10.2. The van der Waals surface area contributed by atoms with Gasteiger partial charge in [-0.3, -0.25) is 0 Å². The highest BCUT2D eigenvalue weighted by atomic mass is 35.5. The van der Waals surface area contributed by atoms with Crippen molar-refractivity contribution >= 4 is 22.6 Å². The molecule has 0 amide bonds. The summed E-state index contributed by atoms with van der Waals surface area (Å²) < 4.78 is 20.7. The smallest absolute Gasteiger partial charge is 0.212 e. The molecule has 0 saturated carbocycles. The minimum Gasteiger partial charge on any atom is -0.481 e. The third-order valence-electron chi connectivity index (χ3n) is 3.28. The number of pyridine rings is 1. The van der Waals surface area contributed by atoms with Crippen LogP contribution in [0.3, 0.4) is 0 Å². The van der Waals surface area contributed by atoms with Gasteiger partial charge in [-0.15, -0.1) is 11.6 Å². The van der Waals surface area contributed by atoms with E-state index < -0.39 is 0 Å². The van der Waals surface area contributed by atoms with E-state index in [1.165, 1.54) is 6.07 Å². The summed E-state index contributed by atoms with van der Waals surface area (Å²) in [5.41, 5.74) is 2.03. The minimum atomic E-state index is -0.342. The van der Waals surface area contributed by atoms with Gasteiger partial charge in [0.25, 0.3) is 0 Å². The minimum absolute atomic E-state index is 0.220. The predicted octanol–water partition coefficient (Wildman–Crippen LogP) is 3.37. The van der Waals surface area contributed by atoms with Gasteiger partial charge in [0.15, 0.2) is 5.82 Å². The summed E-state index contributed by atoms with van der Waals surface area (Å²) in [6, 6.07) is 8.59. The molecule has 0 N–H and O–H groups in total. The van der Waals surface area contributed by atoms with Gasteiger partial charge < -0.3 is 9.30 Å². The fraction of sp³-hybridized carbons (Fsp3) is 0.200. The Hall–Kier alpha value is -2.14. The van der Waals surface area contributed by atoms with E-state index in [1.54, 1.807) is 25.4 Å². The van der Waals surface area contributed by atoms with Crippen molar-refractivity contribution in [1.29, 1.82) is 0 Å². The molecule has 2 heterocycles. The third-order valence-corrected chi connectivity index (χ3v) is 3.51. The van der Waals surface area contributed by atoms with Gasteiger partial charge in [0.05, 0.1) is 25.1 Å². The molecule has 0 aliphatic rings. The highest BCUT2D eigenvalue weighted by Gasteiger charge is 2.13. The van der Waals surface area contributed by atoms with Crippen molar-refractivity contribution in [2.45, 2.75) is 12.4 Å². The maximum Gasteiger partial charge on any atom is 0.212 e. The number of ether oxygens (including phenoxy) is 1. The van der Waals surface area contributed by atoms with Crippen molar-refractivity contribution in [3.8, 4) is 5.88 Å². The zero-order chi connectivity index (χ0) is 14.8. The number of fused-ring (bicyclic) bond motifs is 1. The average molecular weight is 306 g/mol. The molecule has 3 aromatic rings. The van der Waals surface area contributed by atoms with Crippen LogP contribution in [0.2, 0.25) is 0 Å². The van der Waals surface area contributed by atoms with E-state index in [0.717, 1.165) is 11.1 Å². The maximum absolute atomic E-state index is 13.8. The van der Waals surface area contributed by atoms with Gasteiger partial charge in [0.1, 0.15) is 11.3 Å². The van der Waals surface area contributed by atoms with Crippen molar-refractivity contribution in [2.24, 2.45) is 0 Å². The van der Waals surface area contributed by atoms with Crippen molar-refractivity contribution in [3.63, 3.8) is 0 Å². The summed E-state index contributed by atoms with van der Waals surface area (Å²) >= 11 is 5.93. The molecule has 21 heavy (non-hydrogen) atoms. The Morgan fingerprint density at radius 3 is 2.81 bits per heavy atom. The van der Waals surface area contributed by atoms with Crippen LogP contribution in [0, 0.1) is 5.82 Å². The Morgan fingerprint density at radius 2 is 2.14 bits per heavy atom. The van der Waals surface area contributed by atoms with Crippen molar-refractivity contribution in [3.05, 3.63) is 53.7 Å². The van der Waals surface area contributed by atoms with Crippen LogP contribution in [0.25, 0.3) is 11.0 Å². The van der Waals surface area contributed by atoms with Crippen LogP contribution in [0.4, 0.5) is 4.39 Å². The summed E-state index contributed by atoms with van der Waals surface area (Å²) in [4.78, 5) is 8.44. The molecule has 0 spiro atoms. The van der Waals surface area contributed by atoms with E-state index in [-0.39, 0.29) is 11.7 Å². The van der Waals surface area contributed by atoms with E-state index in [2.05, 4.69) is 9.97 Å². The summed E-state index contributed by atoms with van der Waals surface area (Å²) in [6.45, 7) is 0.527. The summed E-state index contributed by atoms with van der Waals surface area (Å²) in [5.74, 6) is 1.06. The Bertz CT molecular complexity index is 770. The molecule has 3 rings (SSSR count). The van der Waals surface area contributed by atoms with Crippen LogP contribution in [-0.4, -0.2) is 21.6 Å². The zero-order valence-electron chi connectivity index (χ0n) is 11.4. The second kappa shape index (κ2) is 5.69. The number of aromatic nitrogens is 3. The van der Waals surface area contributed by atoms with Crippen LogP contribution in [0.15, 0.2) is 36.5 Å². The molecule has 4 nitrogen and oxygen atoms in total. The second-order valence-electron chi connectivity index (χ2n) is 4.56. The number of nitrogens with zero attached hydrogens (tertiary/aromatic N) is 3. The zero-order valence-corrected chi connectivity index (χ0v) is 12.1. The van der Waals surface area contributed by atoms with Crippen LogP contribution in [0.5, 0.6) is 5.88 Å². The molecule has 0 atom stereocenters. The van der Waals surface area contributed by atoms with E-state index in [4.69, 9.17) is 16.3 Å². The van der Waals surface area contributed by atoms with Crippen LogP contribution >= 0.6 is 11.6 Å². The average Bonchev–Trinajstić information content (AvgIpc) is 2.87. The Balaban J connectivity index is 2.04. The third kappa shape index (κ3) is 2.56. The molecule has 0 fully saturated rings. The number of benzene rings is 1. The first-order chi connectivity index (χ1) is 10.2. The van der Waals surface area contributed by atoms with E-state index in [1.807, 2.05) is 16.7 Å². The lowest BCUT2D eigenvalue weighted by molar-refractivity contribution is 0.397. The van der Waals surface area contributed by atoms with Gasteiger partial charge in [0.2, 0.25) is 5.88 Å². The number of hydrogen-bond donors (Lipinski definition) is 0. The topological polar surface area (TPSA) is 39.9 Å². The van der Waals surface area contributed by atoms with Gasteiger partial charge in [-0.25, -0.2) is 14.4 Å². The Morgan fingerprint density at radius 1 is 1.29 bits per heavy atom. The summed E-state index contributed by atoms with van der Waals surface area (Å²) in [6.07, 6.45) is 1.72. The quantitative estimate of drug-likeness (QED) is 0.694. The Labute approximate surface area is 126 Å². The number of halogens is 2. The van der Waals surface area contributed by atoms with Gasteiger partial charge in [-0.05, 0) is 17.7 Å².